The standard InChI is InChI=1S/C13H27N5S/c1-5-11(4)19-8-12(17-14)6-13-15-9-16-18(13)7-10(2)3/h9-12,17H,5-8,14H2,1-4H3. The Morgan fingerprint density at radius 1 is 1.42 bits per heavy atom. The molecule has 1 heterocycles. The molecule has 6 heteroatoms. The Morgan fingerprint density at radius 2 is 2.16 bits per heavy atom. The number of aromatic nitrogens is 3. The van der Waals surface area contributed by atoms with Crippen LogP contribution in [0.2, 0.25) is 0 Å². The van der Waals surface area contributed by atoms with E-state index in [4.69, 9.17) is 5.84 Å². The lowest BCUT2D eigenvalue weighted by Gasteiger charge is -2.18. The predicted octanol–water partition coefficient (Wildman–Crippen LogP) is 1.84. The van der Waals surface area contributed by atoms with E-state index < -0.39 is 0 Å². The molecule has 2 atom stereocenters. The van der Waals surface area contributed by atoms with Gasteiger partial charge in [0.15, 0.2) is 0 Å². The van der Waals surface area contributed by atoms with Gasteiger partial charge in [0.25, 0.3) is 0 Å². The second kappa shape index (κ2) is 8.55. The van der Waals surface area contributed by atoms with Crippen LogP contribution in [-0.4, -0.2) is 31.8 Å². The van der Waals surface area contributed by atoms with E-state index in [-0.39, 0.29) is 6.04 Å². The number of nitrogens with zero attached hydrogens (tertiary/aromatic N) is 3. The lowest BCUT2D eigenvalue weighted by Crippen LogP contribution is -2.39. The Kier molecular flexibility index (Phi) is 7.41. The summed E-state index contributed by atoms with van der Waals surface area (Å²) >= 11 is 1.95. The largest absolute Gasteiger partial charge is 0.271 e. The van der Waals surface area contributed by atoms with Crippen LogP contribution in [0.1, 0.15) is 39.9 Å². The third-order valence-electron chi connectivity index (χ3n) is 3.06. The number of nitrogens with two attached hydrogens (primary N) is 1. The average molecular weight is 285 g/mol. The zero-order valence-electron chi connectivity index (χ0n) is 12.5. The molecule has 0 spiro atoms. The van der Waals surface area contributed by atoms with Crippen molar-refractivity contribution >= 4 is 11.8 Å². The molecule has 0 aromatic carbocycles. The van der Waals surface area contributed by atoms with Gasteiger partial charge in [0.05, 0.1) is 0 Å². The maximum absolute atomic E-state index is 5.65. The quantitative estimate of drug-likeness (QED) is 0.535. The summed E-state index contributed by atoms with van der Waals surface area (Å²) in [7, 11) is 0. The first-order chi connectivity index (χ1) is 9.06. The first-order valence-corrected chi connectivity index (χ1v) is 8.06. The van der Waals surface area contributed by atoms with Crippen LogP contribution < -0.4 is 11.3 Å². The summed E-state index contributed by atoms with van der Waals surface area (Å²) in [6.45, 7) is 9.73. The van der Waals surface area contributed by atoms with Crippen LogP contribution in [0.25, 0.3) is 0 Å². The van der Waals surface area contributed by atoms with Gasteiger partial charge in [0.1, 0.15) is 12.2 Å². The highest BCUT2D eigenvalue weighted by Gasteiger charge is 2.14. The van der Waals surface area contributed by atoms with Crippen molar-refractivity contribution in [2.24, 2.45) is 11.8 Å². The third kappa shape index (κ3) is 5.93. The fraction of sp³-hybridized carbons (Fsp3) is 0.846. The Bertz CT molecular complexity index is 353. The van der Waals surface area contributed by atoms with Crippen molar-refractivity contribution in [1.82, 2.24) is 20.2 Å². The molecule has 2 unspecified atom stereocenters. The Labute approximate surface area is 120 Å². The summed E-state index contributed by atoms with van der Waals surface area (Å²) in [5.41, 5.74) is 2.90. The number of hydrazine groups is 1. The predicted molar refractivity (Wildman–Crippen MR) is 81.9 cm³/mol. The van der Waals surface area contributed by atoms with Gasteiger partial charge in [-0.25, -0.2) is 9.67 Å². The maximum atomic E-state index is 5.65. The minimum Gasteiger partial charge on any atom is -0.271 e. The molecule has 0 saturated heterocycles. The van der Waals surface area contributed by atoms with Gasteiger partial charge in [-0.05, 0) is 12.3 Å². The molecule has 1 aromatic rings. The van der Waals surface area contributed by atoms with Gasteiger partial charge < -0.3 is 0 Å². The summed E-state index contributed by atoms with van der Waals surface area (Å²) in [5.74, 6) is 8.23. The van der Waals surface area contributed by atoms with Gasteiger partial charge >= 0.3 is 0 Å². The van der Waals surface area contributed by atoms with E-state index in [0.29, 0.717) is 11.2 Å². The Hall–Kier alpha value is -0.590. The minimum absolute atomic E-state index is 0.245. The molecule has 0 aliphatic heterocycles. The fourth-order valence-electron chi connectivity index (χ4n) is 1.73. The number of hydrogen-bond acceptors (Lipinski definition) is 5. The van der Waals surface area contributed by atoms with Crippen molar-refractivity contribution in [3.05, 3.63) is 12.2 Å². The molecule has 0 aliphatic carbocycles. The molecule has 1 rings (SSSR count). The topological polar surface area (TPSA) is 68.8 Å². The fourth-order valence-corrected chi connectivity index (χ4v) is 2.74. The van der Waals surface area contributed by atoms with Crippen molar-refractivity contribution in [1.29, 1.82) is 0 Å². The summed E-state index contributed by atoms with van der Waals surface area (Å²) in [6.07, 6.45) is 3.64. The molecule has 0 aliphatic rings. The van der Waals surface area contributed by atoms with E-state index in [1.54, 1.807) is 6.33 Å². The summed E-state index contributed by atoms with van der Waals surface area (Å²) < 4.78 is 1.99. The molecule has 5 nitrogen and oxygen atoms in total. The second-order valence-corrected chi connectivity index (χ2v) is 6.84. The van der Waals surface area contributed by atoms with E-state index in [1.807, 2.05) is 16.4 Å². The van der Waals surface area contributed by atoms with Crippen LogP contribution in [0.5, 0.6) is 0 Å². The van der Waals surface area contributed by atoms with Crippen LogP contribution in [0, 0.1) is 5.92 Å². The highest BCUT2D eigenvalue weighted by Crippen LogP contribution is 2.16. The molecule has 0 saturated carbocycles. The van der Waals surface area contributed by atoms with Gasteiger partial charge in [0, 0.05) is 30.0 Å². The molecule has 0 amide bonds. The number of thioether (sulfide) groups is 1. The SMILES string of the molecule is CCC(C)SCC(Cc1ncnn1CC(C)C)NN. The zero-order valence-corrected chi connectivity index (χ0v) is 13.3. The molecule has 110 valence electrons. The lowest BCUT2D eigenvalue weighted by atomic mass is 10.2. The normalized spacial score (nSPS) is 14.8. The van der Waals surface area contributed by atoms with Crippen LogP contribution in [-0.2, 0) is 13.0 Å². The Balaban J connectivity index is 2.53. The molecule has 3 N–H and O–H groups in total. The second-order valence-electron chi connectivity index (χ2n) is 5.37. The van der Waals surface area contributed by atoms with E-state index in [1.165, 1.54) is 6.42 Å². The van der Waals surface area contributed by atoms with E-state index in [0.717, 1.165) is 24.5 Å². The van der Waals surface area contributed by atoms with Crippen molar-refractivity contribution in [2.75, 3.05) is 5.75 Å². The van der Waals surface area contributed by atoms with Crippen molar-refractivity contribution in [2.45, 2.75) is 58.4 Å². The van der Waals surface area contributed by atoms with Crippen LogP contribution in [0.3, 0.4) is 0 Å². The lowest BCUT2D eigenvalue weighted by molar-refractivity contribution is 0.451. The molecular formula is C13H27N5S. The third-order valence-corrected chi connectivity index (χ3v) is 4.55. The van der Waals surface area contributed by atoms with Crippen LogP contribution in [0.15, 0.2) is 6.33 Å². The maximum Gasteiger partial charge on any atom is 0.138 e. The van der Waals surface area contributed by atoms with Gasteiger partial charge in [-0.15, -0.1) is 0 Å². The number of nitrogens with one attached hydrogen (secondary N) is 1. The summed E-state index contributed by atoms with van der Waals surface area (Å²) in [4.78, 5) is 4.35. The molecule has 0 radical (unpaired) electrons. The van der Waals surface area contributed by atoms with Crippen LogP contribution >= 0.6 is 11.8 Å². The first kappa shape index (κ1) is 16.5. The van der Waals surface area contributed by atoms with E-state index in [9.17, 15) is 0 Å². The summed E-state index contributed by atoms with van der Waals surface area (Å²) in [6, 6.07) is 0.245. The molecule has 1 aromatic heterocycles. The van der Waals surface area contributed by atoms with Crippen molar-refractivity contribution < 1.29 is 0 Å². The highest BCUT2D eigenvalue weighted by atomic mass is 32.2. The van der Waals surface area contributed by atoms with Crippen molar-refractivity contribution in [3.8, 4) is 0 Å². The van der Waals surface area contributed by atoms with Gasteiger partial charge in [0.2, 0.25) is 0 Å². The van der Waals surface area contributed by atoms with Gasteiger partial charge in [-0.3, -0.25) is 11.3 Å². The molecular weight excluding hydrogens is 258 g/mol. The molecule has 0 bridgehead atoms. The van der Waals surface area contributed by atoms with Gasteiger partial charge in [-0.2, -0.15) is 16.9 Å². The van der Waals surface area contributed by atoms with E-state index >= 15 is 0 Å². The van der Waals surface area contributed by atoms with Gasteiger partial charge in [-0.1, -0.05) is 27.7 Å². The number of hydrogen-bond donors (Lipinski definition) is 2. The minimum atomic E-state index is 0.245. The van der Waals surface area contributed by atoms with E-state index in [2.05, 4.69) is 43.2 Å². The van der Waals surface area contributed by atoms with Crippen LogP contribution in [0.4, 0.5) is 0 Å². The molecule has 0 fully saturated rings. The summed E-state index contributed by atoms with van der Waals surface area (Å²) in [5, 5.41) is 4.96. The monoisotopic (exact) mass is 285 g/mol. The first-order valence-electron chi connectivity index (χ1n) is 7.01. The highest BCUT2D eigenvalue weighted by molar-refractivity contribution is 7.99. The smallest absolute Gasteiger partial charge is 0.138 e. The van der Waals surface area contributed by atoms with Crippen molar-refractivity contribution in [3.63, 3.8) is 0 Å². The number of rotatable bonds is 9. The average Bonchev–Trinajstić information content (AvgIpc) is 2.80. The zero-order chi connectivity index (χ0) is 14.3. The molecule has 19 heavy (non-hydrogen) atoms. The Morgan fingerprint density at radius 3 is 2.74 bits per heavy atom.